The minimum absolute atomic E-state index is 0.192. The van der Waals surface area contributed by atoms with E-state index in [2.05, 4.69) is 15.2 Å². The van der Waals surface area contributed by atoms with Gasteiger partial charge in [0, 0.05) is 30.7 Å². The van der Waals surface area contributed by atoms with Crippen LogP contribution in [0.25, 0.3) is 0 Å². The molecule has 0 radical (unpaired) electrons. The highest BCUT2D eigenvalue weighted by Crippen LogP contribution is 2.58. The molecular formula is C14H20N4O2. The molecule has 2 saturated heterocycles. The lowest BCUT2D eigenvalue weighted by atomic mass is 10.0. The standard InChI is InChI=1S/C14H20N4O2/c19-13(12-8-14(12)3-7-20-10-14)18-5-1-2-11(18)9-17-6-4-15-16-17/h4,6,11-12H,1-3,5,7-10H2/t11-,12?,14?/m0/s1. The van der Waals surface area contributed by atoms with E-state index in [-0.39, 0.29) is 17.4 Å². The molecule has 2 aliphatic heterocycles. The van der Waals surface area contributed by atoms with E-state index in [1.54, 1.807) is 6.20 Å². The molecule has 108 valence electrons. The highest BCUT2D eigenvalue weighted by atomic mass is 16.5. The molecule has 1 aromatic rings. The van der Waals surface area contributed by atoms with E-state index in [4.69, 9.17) is 4.74 Å². The fraction of sp³-hybridized carbons (Fsp3) is 0.786. The molecule has 1 aromatic heterocycles. The maximum Gasteiger partial charge on any atom is 0.226 e. The number of carbonyl (C=O) groups excluding carboxylic acids is 1. The summed E-state index contributed by atoms with van der Waals surface area (Å²) in [4.78, 5) is 14.8. The van der Waals surface area contributed by atoms with Gasteiger partial charge in [-0.2, -0.15) is 0 Å². The topological polar surface area (TPSA) is 60.2 Å². The summed E-state index contributed by atoms with van der Waals surface area (Å²) in [6.07, 6.45) is 7.81. The number of amides is 1. The van der Waals surface area contributed by atoms with Crippen molar-refractivity contribution in [3.8, 4) is 0 Å². The number of ether oxygens (including phenoxy) is 1. The maximum atomic E-state index is 12.7. The first kappa shape index (κ1) is 12.3. The smallest absolute Gasteiger partial charge is 0.226 e. The zero-order valence-electron chi connectivity index (χ0n) is 11.6. The summed E-state index contributed by atoms with van der Waals surface area (Å²) in [5.41, 5.74) is 0.192. The van der Waals surface area contributed by atoms with Gasteiger partial charge < -0.3 is 9.64 Å². The number of hydrogen-bond donors (Lipinski definition) is 0. The zero-order valence-corrected chi connectivity index (χ0v) is 11.6. The van der Waals surface area contributed by atoms with Gasteiger partial charge in [0.2, 0.25) is 5.91 Å². The van der Waals surface area contributed by atoms with Crippen molar-refractivity contribution < 1.29 is 9.53 Å². The Morgan fingerprint density at radius 1 is 1.50 bits per heavy atom. The van der Waals surface area contributed by atoms with Crippen molar-refractivity contribution in [3.63, 3.8) is 0 Å². The first-order chi connectivity index (χ1) is 9.78. The van der Waals surface area contributed by atoms with Crippen LogP contribution in [0.4, 0.5) is 0 Å². The molecule has 1 aliphatic carbocycles. The van der Waals surface area contributed by atoms with E-state index in [1.807, 2.05) is 10.9 Å². The first-order valence-corrected chi connectivity index (χ1v) is 7.51. The molecule has 0 N–H and O–H groups in total. The summed E-state index contributed by atoms with van der Waals surface area (Å²) in [5.74, 6) is 0.555. The van der Waals surface area contributed by atoms with Gasteiger partial charge in [-0.3, -0.25) is 9.48 Å². The third-order valence-electron chi connectivity index (χ3n) is 5.15. The van der Waals surface area contributed by atoms with Gasteiger partial charge in [0.15, 0.2) is 0 Å². The van der Waals surface area contributed by atoms with Crippen LogP contribution in [0.2, 0.25) is 0 Å². The van der Waals surface area contributed by atoms with Crippen molar-refractivity contribution in [2.45, 2.75) is 38.3 Å². The Bertz CT molecular complexity index is 495. The Labute approximate surface area is 118 Å². The lowest BCUT2D eigenvalue weighted by Crippen LogP contribution is -2.40. The number of carbonyl (C=O) groups is 1. The fourth-order valence-electron chi connectivity index (χ4n) is 3.82. The van der Waals surface area contributed by atoms with E-state index in [1.165, 1.54) is 0 Å². The van der Waals surface area contributed by atoms with E-state index in [9.17, 15) is 4.79 Å². The largest absolute Gasteiger partial charge is 0.381 e. The average molecular weight is 276 g/mol. The van der Waals surface area contributed by atoms with Crippen LogP contribution in [0, 0.1) is 11.3 Å². The summed E-state index contributed by atoms with van der Waals surface area (Å²) in [5, 5.41) is 7.85. The van der Waals surface area contributed by atoms with Crippen molar-refractivity contribution in [2.75, 3.05) is 19.8 Å². The lowest BCUT2D eigenvalue weighted by molar-refractivity contribution is -0.134. The average Bonchev–Trinajstić information content (AvgIpc) is 2.94. The van der Waals surface area contributed by atoms with Gasteiger partial charge in [-0.1, -0.05) is 5.21 Å². The second-order valence-corrected chi connectivity index (χ2v) is 6.37. The summed E-state index contributed by atoms with van der Waals surface area (Å²) < 4.78 is 7.32. The molecule has 3 fully saturated rings. The van der Waals surface area contributed by atoms with Crippen LogP contribution >= 0.6 is 0 Å². The quantitative estimate of drug-likeness (QED) is 0.815. The number of likely N-dealkylation sites (tertiary alicyclic amines) is 1. The molecule has 6 nitrogen and oxygen atoms in total. The van der Waals surface area contributed by atoms with Gasteiger partial charge >= 0.3 is 0 Å². The number of rotatable bonds is 3. The van der Waals surface area contributed by atoms with Gasteiger partial charge in [0.1, 0.15) is 0 Å². The first-order valence-electron chi connectivity index (χ1n) is 7.51. The summed E-state index contributed by atoms with van der Waals surface area (Å²) in [6, 6.07) is 0.282. The highest BCUT2D eigenvalue weighted by Gasteiger charge is 2.61. The van der Waals surface area contributed by atoms with Gasteiger partial charge in [-0.05, 0) is 25.7 Å². The third-order valence-corrected chi connectivity index (χ3v) is 5.15. The Kier molecular flexibility index (Phi) is 2.80. The van der Waals surface area contributed by atoms with Gasteiger partial charge in [0.25, 0.3) is 0 Å². The van der Waals surface area contributed by atoms with E-state index < -0.39 is 0 Å². The molecule has 20 heavy (non-hydrogen) atoms. The van der Waals surface area contributed by atoms with Crippen LogP contribution in [0.5, 0.6) is 0 Å². The lowest BCUT2D eigenvalue weighted by Gasteiger charge is -2.25. The third kappa shape index (κ3) is 1.93. The minimum atomic E-state index is 0.192. The molecule has 1 spiro atoms. The monoisotopic (exact) mass is 276 g/mol. The number of hydrogen-bond acceptors (Lipinski definition) is 4. The molecule has 4 rings (SSSR count). The molecule has 1 amide bonds. The second kappa shape index (κ2) is 4.55. The fourth-order valence-corrected chi connectivity index (χ4v) is 3.82. The molecule has 2 unspecified atom stereocenters. The number of nitrogens with zero attached hydrogens (tertiary/aromatic N) is 4. The summed E-state index contributed by atoms with van der Waals surface area (Å²) in [7, 11) is 0. The Morgan fingerprint density at radius 3 is 3.20 bits per heavy atom. The molecule has 6 heteroatoms. The molecule has 0 aromatic carbocycles. The van der Waals surface area contributed by atoms with Crippen molar-refractivity contribution >= 4 is 5.91 Å². The van der Waals surface area contributed by atoms with E-state index in [0.717, 1.165) is 52.0 Å². The SMILES string of the molecule is O=C(C1CC12CCOC2)N1CCC[C@H]1Cn1ccnn1. The van der Waals surface area contributed by atoms with Crippen molar-refractivity contribution in [1.29, 1.82) is 0 Å². The molecule has 3 heterocycles. The van der Waals surface area contributed by atoms with E-state index in [0.29, 0.717) is 5.91 Å². The Morgan fingerprint density at radius 2 is 2.45 bits per heavy atom. The molecule has 1 saturated carbocycles. The van der Waals surface area contributed by atoms with Crippen LogP contribution in [0.15, 0.2) is 12.4 Å². The molecule has 3 atom stereocenters. The maximum absolute atomic E-state index is 12.7. The second-order valence-electron chi connectivity index (χ2n) is 6.37. The number of aromatic nitrogens is 3. The van der Waals surface area contributed by atoms with Crippen LogP contribution < -0.4 is 0 Å². The van der Waals surface area contributed by atoms with Gasteiger partial charge in [-0.15, -0.1) is 5.10 Å². The Hall–Kier alpha value is -1.43. The highest BCUT2D eigenvalue weighted by molar-refractivity contribution is 5.83. The van der Waals surface area contributed by atoms with Crippen LogP contribution in [-0.2, 0) is 16.1 Å². The van der Waals surface area contributed by atoms with E-state index >= 15 is 0 Å². The minimum Gasteiger partial charge on any atom is -0.381 e. The predicted octanol–water partition coefficient (Wildman–Crippen LogP) is 0.696. The summed E-state index contributed by atoms with van der Waals surface area (Å²) in [6.45, 7) is 3.27. The van der Waals surface area contributed by atoms with Crippen LogP contribution in [0.3, 0.4) is 0 Å². The van der Waals surface area contributed by atoms with Crippen LogP contribution in [-0.4, -0.2) is 51.6 Å². The van der Waals surface area contributed by atoms with Crippen LogP contribution in [0.1, 0.15) is 25.7 Å². The van der Waals surface area contributed by atoms with Crippen molar-refractivity contribution in [3.05, 3.63) is 12.4 Å². The Balaban J connectivity index is 1.43. The zero-order chi connectivity index (χ0) is 13.6. The van der Waals surface area contributed by atoms with Crippen molar-refractivity contribution in [2.24, 2.45) is 11.3 Å². The van der Waals surface area contributed by atoms with Crippen molar-refractivity contribution in [1.82, 2.24) is 19.9 Å². The molecular weight excluding hydrogens is 256 g/mol. The molecule has 3 aliphatic rings. The van der Waals surface area contributed by atoms with Gasteiger partial charge in [0.05, 0.1) is 25.4 Å². The normalized spacial score (nSPS) is 35.9. The van der Waals surface area contributed by atoms with Gasteiger partial charge in [-0.25, -0.2) is 0 Å². The summed E-state index contributed by atoms with van der Waals surface area (Å²) >= 11 is 0. The predicted molar refractivity (Wildman–Crippen MR) is 70.7 cm³/mol. The molecule has 0 bridgehead atoms.